The van der Waals surface area contributed by atoms with E-state index in [-0.39, 0.29) is 22.4 Å². The van der Waals surface area contributed by atoms with Crippen LogP contribution in [0.3, 0.4) is 0 Å². The largest absolute Gasteiger partial charge is 0.415 e. The van der Waals surface area contributed by atoms with E-state index in [0.717, 1.165) is 139 Å². The first-order valence-corrected chi connectivity index (χ1v) is 27.8. The summed E-state index contributed by atoms with van der Waals surface area (Å²) in [6.45, 7) is 33.9. The lowest BCUT2D eigenvalue weighted by Crippen LogP contribution is -2.09. The highest BCUT2D eigenvalue weighted by Crippen LogP contribution is 2.48. The number of fused-ring (bicyclic) bond motifs is 6. The second-order valence-electron chi connectivity index (χ2n) is 23.0. The molecule has 0 radical (unpaired) electrons. The van der Waals surface area contributed by atoms with E-state index >= 15 is 13.2 Å². The number of aromatic nitrogens is 2. The second-order valence-corrected chi connectivity index (χ2v) is 23.0. The van der Waals surface area contributed by atoms with Crippen molar-refractivity contribution in [3.05, 3.63) is 241 Å². The van der Waals surface area contributed by atoms with Crippen molar-refractivity contribution >= 4 is 49.3 Å². The molecule has 2 heterocycles. The summed E-state index contributed by atoms with van der Waals surface area (Å²) in [7, 11) is 0. The van der Waals surface area contributed by atoms with Crippen LogP contribution in [-0.2, 0) is 6.18 Å². The Balaban J connectivity index is 1.24. The van der Waals surface area contributed by atoms with E-state index in [4.69, 9.17) is 6.57 Å². The maximum atomic E-state index is 15.6. The van der Waals surface area contributed by atoms with Gasteiger partial charge in [0, 0.05) is 21.5 Å². The number of hydrogen-bond acceptors (Lipinski definition) is 1. The van der Waals surface area contributed by atoms with Crippen LogP contribution in [0, 0.1) is 101 Å². The van der Waals surface area contributed by atoms with Crippen LogP contribution in [0.2, 0.25) is 0 Å². The molecule has 0 N–H and O–H groups in total. The number of halogens is 3. The highest BCUT2D eigenvalue weighted by atomic mass is 19.4. The van der Waals surface area contributed by atoms with Crippen LogP contribution in [0.5, 0.6) is 0 Å². The normalized spacial score (nSPS) is 11.8. The highest BCUT2D eigenvalue weighted by molar-refractivity contribution is 6.14. The minimum Gasteiger partial charge on any atom is -0.308 e. The highest BCUT2D eigenvalue weighted by Gasteiger charge is 2.36. The molecule has 0 saturated carbocycles. The number of alkyl halides is 3. The standard InChI is InChI=1S/C75H61F3N4/c1-40-25-44(5)70(45(6)26-40)52-17-21-64-57(33-52)58-34-53(71-46(7)27-41(2)28-47(71)8)18-22-65(58)81(64)68-37-56(74-62(75(76,77)78)15-14-16-63(74)80-13)38-69(61(68)39-79)82-66-23-19-54(72-48(9)29-42(3)30-49(72)10)35-59(66)60-36-55(20-24-67(60)82)73-50(11)31-43(4)32-51(73)12/h14-38H,1-12H3. The van der Waals surface area contributed by atoms with Crippen molar-refractivity contribution in [1.82, 2.24) is 9.13 Å². The Labute approximate surface area is 477 Å². The lowest BCUT2D eigenvalue weighted by Gasteiger charge is -2.21. The zero-order valence-electron chi connectivity index (χ0n) is 48.4. The number of aryl methyl sites for hydroxylation is 12. The van der Waals surface area contributed by atoms with E-state index in [9.17, 15) is 5.26 Å². The Morgan fingerprint density at radius 3 is 0.927 bits per heavy atom. The van der Waals surface area contributed by atoms with E-state index in [1.54, 1.807) is 12.1 Å². The van der Waals surface area contributed by atoms with Crippen molar-refractivity contribution in [2.45, 2.75) is 89.3 Å². The molecule has 4 nitrogen and oxygen atoms in total. The maximum absolute atomic E-state index is 15.6. The first kappa shape index (κ1) is 53.2. The van der Waals surface area contributed by atoms with E-state index in [1.807, 2.05) is 0 Å². The summed E-state index contributed by atoms with van der Waals surface area (Å²) in [5.74, 6) is 0. The first-order valence-electron chi connectivity index (χ1n) is 27.8. The average molecular weight is 1080 g/mol. The fourth-order valence-corrected chi connectivity index (χ4v) is 14.1. The van der Waals surface area contributed by atoms with Gasteiger partial charge in [-0.25, -0.2) is 4.85 Å². The fourth-order valence-electron chi connectivity index (χ4n) is 14.1. The first-order chi connectivity index (χ1) is 39.1. The summed E-state index contributed by atoms with van der Waals surface area (Å²) >= 11 is 0. The molecule has 7 heteroatoms. The third kappa shape index (κ3) is 8.66. The Bertz CT molecular complexity index is 4250. The van der Waals surface area contributed by atoms with Gasteiger partial charge in [-0.3, -0.25) is 0 Å². The zero-order valence-corrected chi connectivity index (χ0v) is 48.4. The summed E-state index contributed by atoms with van der Waals surface area (Å²) in [5, 5.41) is 15.7. The van der Waals surface area contributed by atoms with Gasteiger partial charge in [-0.2, -0.15) is 18.4 Å². The summed E-state index contributed by atoms with van der Waals surface area (Å²) in [5.41, 5.74) is 25.4. The number of nitrogens with zero attached hydrogens (tertiary/aromatic N) is 4. The molecule has 0 saturated heterocycles. The van der Waals surface area contributed by atoms with Gasteiger partial charge in [0.2, 0.25) is 0 Å². The van der Waals surface area contributed by atoms with Crippen molar-refractivity contribution in [3.8, 4) is 73.1 Å². The van der Waals surface area contributed by atoms with Crippen molar-refractivity contribution in [2.24, 2.45) is 0 Å². The predicted octanol–water partition coefficient (Wildman–Crippen LogP) is 21.4. The minimum absolute atomic E-state index is 0.148. The summed E-state index contributed by atoms with van der Waals surface area (Å²) < 4.78 is 51.0. The molecule has 0 aliphatic carbocycles. The lowest BCUT2D eigenvalue weighted by atomic mass is 9.91. The van der Waals surface area contributed by atoms with Crippen LogP contribution in [0.25, 0.3) is 115 Å². The molecule has 10 aromatic carbocycles. The van der Waals surface area contributed by atoms with E-state index in [1.165, 1.54) is 34.4 Å². The van der Waals surface area contributed by atoms with Gasteiger partial charge in [-0.05, 0) is 244 Å². The Morgan fingerprint density at radius 2 is 0.671 bits per heavy atom. The van der Waals surface area contributed by atoms with Crippen LogP contribution in [0.15, 0.2) is 152 Å². The maximum Gasteiger partial charge on any atom is 0.415 e. The van der Waals surface area contributed by atoms with Gasteiger partial charge < -0.3 is 9.13 Å². The number of nitriles is 1. The van der Waals surface area contributed by atoms with Crippen LogP contribution < -0.4 is 0 Å². The molecule has 2 aromatic heterocycles. The van der Waals surface area contributed by atoms with E-state index < -0.39 is 11.7 Å². The van der Waals surface area contributed by atoms with Crippen LogP contribution in [0.4, 0.5) is 18.9 Å². The molecule has 0 aliphatic rings. The molecule has 0 bridgehead atoms. The smallest absolute Gasteiger partial charge is 0.308 e. The number of rotatable bonds is 7. The molecule has 82 heavy (non-hydrogen) atoms. The SMILES string of the molecule is [C-]#[N+]c1cccc(C(F)(F)F)c1-c1cc(-n2c3ccc(-c4c(C)cc(C)cc4C)cc3c3cc(-c4c(C)cc(C)cc4C)ccc32)c(C#N)c(-n2c3ccc(-c4c(C)cc(C)cc4C)cc3c3cc(-c4c(C)cc(C)cc4C)ccc32)c1. The summed E-state index contributed by atoms with van der Waals surface area (Å²) in [6, 6.07) is 53.1. The van der Waals surface area contributed by atoms with Crippen LogP contribution in [-0.4, -0.2) is 9.13 Å². The zero-order chi connectivity index (χ0) is 58.0. The van der Waals surface area contributed by atoms with Crippen molar-refractivity contribution < 1.29 is 13.2 Å². The van der Waals surface area contributed by atoms with Gasteiger partial charge >= 0.3 is 6.18 Å². The molecular formula is C75H61F3N4. The van der Waals surface area contributed by atoms with Crippen molar-refractivity contribution in [2.75, 3.05) is 0 Å². The van der Waals surface area contributed by atoms with Crippen molar-refractivity contribution in [1.29, 1.82) is 5.26 Å². The average Bonchev–Trinajstić information content (AvgIpc) is 3.80. The van der Waals surface area contributed by atoms with Crippen LogP contribution >= 0.6 is 0 Å². The molecule has 12 rings (SSSR count). The van der Waals surface area contributed by atoms with Gasteiger partial charge in [-0.1, -0.05) is 113 Å². The molecular weight excluding hydrogens is 1010 g/mol. The Kier molecular flexibility index (Phi) is 12.8. The molecule has 0 amide bonds. The fraction of sp³-hybridized carbons (Fsp3) is 0.173. The molecule has 0 fully saturated rings. The van der Waals surface area contributed by atoms with Crippen molar-refractivity contribution in [3.63, 3.8) is 0 Å². The Morgan fingerprint density at radius 1 is 0.378 bits per heavy atom. The van der Waals surface area contributed by atoms with E-state index in [2.05, 4.69) is 224 Å². The summed E-state index contributed by atoms with van der Waals surface area (Å²) in [4.78, 5) is 3.75. The van der Waals surface area contributed by atoms with Gasteiger partial charge in [0.15, 0.2) is 5.69 Å². The lowest BCUT2D eigenvalue weighted by molar-refractivity contribution is -0.137. The molecule has 402 valence electrons. The predicted molar refractivity (Wildman–Crippen MR) is 335 cm³/mol. The van der Waals surface area contributed by atoms with Gasteiger partial charge in [0.1, 0.15) is 11.6 Å². The summed E-state index contributed by atoms with van der Waals surface area (Å²) in [6.07, 6.45) is -4.82. The molecule has 0 atom stereocenters. The quantitative estimate of drug-likeness (QED) is 0.147. The third-order valence-electron chi connectivity index (χ3n) is 16.8. The minimum atomic E-state index is -4.82. The third-order valence-corrected chi connectivity index (χ3v) is 16.8. The molecule has 0 aliphatic heterocycles. The van der Waals surface area contributed by atoms with Crippen LogP contribution in [0.1, 0.15) is 77.9 Å². The topological polar surface area (TPSA) is 38.0 Å². The number of benzene rings is 10. The van der Waals surface area contributed by atoms with Gasteiger partial charge in [-0.15, -0.1) is 0 Å². The van der Waals surface area contributed by atoms with Gasteiger partial charge in [0.25, 0.3) is 0 Å². The van der Waals surface area contributed by atoms with Gasteiger partial charge in [0.05, 0.1) is 45.6 Å². The Hall–Kier alpha value is -9.43. The molecule has 12 aromatic rings. The molecule has 0 unspecified atom stereocenters. The molecule has 0 spiro atoms. The second kappa shape index (κ2) is 19.7. The number of hydrogen-bond donors (Lipinski definition) is 0. The van der Waals surface area contributed by atoms with E-state index in [0.29, 0.717) is 11.4 Å². The monoisotopic (exact) mass is 1070 g/mol.